The van der Waals surface area contributed by atoms with Crippen molar-refractivity contribution >= 4 is 17.3 Å². The number of nitrogens with one attached hydrogen (secondary N) is 1. The van der Waals surface area contributed by atoms with Crippen molar-refractivity contribution in [3.63, 3.8) is 0 Å². The molecule has 2 aromatic rings. The highest BCUT2D eigenvalue weighted by atomic mass is 15.2. The number of rotatable bonds is 5. The van der Waals surface area contributed by atoms with Gasteiger partial charge in [0.15, 0.2) is 0 Å². The molecule has 0 unspecified atom stereocenters. The average Bonchev–Trinajstić information content (AvgIpc) is 2.46. The lowest BCUT2D eigenvalue weighted by Gasteiger charge is -2.16. The van der Waals surface area contributed by atoms with Crippen LogP contribution in [0.5, 0.6) is 0 Å². The first-order chi connectivity index (χ1) is 9.29. The predicted octanol–water partition coefficient (Wildman–Crippen LogP) is 1.97. The summed E-state index contributed by atoms with van der Waals surface area (Å²) < 4.78 is 0. The molecule has 2 rings (SSSR count). The fourth-order valence-electron chi connectivity index (χ4n) is 1.54. The van der Waals surface area contributed by atoms with Gasteiger partial charge in [0.1, 0.15) is 18.0 Å². The molecule has 1 N–H and O–H groups in total. The van der Waals surface area contributed by atoms with Crippen molar-refractivity contribution in [1.29, 1.82) is 5.26 Å². The highest BCUT2D eigenvalue weighted by Crippen LogP contribution is 2.16. The standard InChI is InChI=1S/C13H14N6/c1-19(7-3-5-14)13-8-12(16-10-17-13)18-11-4-2-6-15-9-11/h2,4,6,8-10H,3,7H2,1H3,(H,16,17,18). The number of hydrogen-bond donors (Lipinski definition) is 1. The third-order valence-corrected chi connectivity index (χ3v) is 2.54. The molecule has 0 atom stereocenters. The zero-order chi connectivity index (χ0) is 13.5. The quantitative estimate of drug-likeness (QED) is 0.878. The molecule has 0 bridgehead atoms. The van der Waals surface area contributed by atoms with Crippen LogP contribution in [0.1, 0.15) is 6.42 Å². The molecular weight excluding hydrogens is 240 g/mol. The first kappa shape index (κ1) is 12.8. The maximum absolute atomic E-state index is 8.58. The van der Waals surface area contributed by atoms with Gasteiger partial charge in [0.05, 0.1) is 24.4 Å². The Morgan fingerprint density at radius 2 is 2.32 bits per heavy atom. The summed E-state index contributed by atoms with van der Waals surface area (Å²) in [5, 5.41) is 11.7. The molecule has 0 aliphatic carbocycles. The fraction of sp³-hybridized carbons (Fsp3) is 0.231. The van der Waals surface area contributed by atoms with Crippen LogP contribution >= 0.6 is 0 Å². The van der Waals surface area contributed by atoms with Crippen LogP contribution in [0.25, 0.3) is 0 Å². The lowest BCUT2D eigenvalue weighted by atomic mass is 10.4. The minimum absolute atomic E-state index is 0.464. The van der Waals surface area contributed by atoms with Crippen LogP contribution in [0.3, 0.4) is 0 Å². The molecule has 0 spiro atoms. The molecule has 0 aromatic carbocycles. The van der Waals surface area contributed by atoms with Crippen molar-refractivity contribution in [3.8, 4) is 6.07 Å². The second-order valence-electron chi connectivity index (χ2n) is 3.96. The highest BCUT2D eigenvalue weighted by Gasteiger charge is 2.04. The van der Waals surface area contributed by atoms with Gasteiger partial charge in [-0.25, -0.2) is 9.97 Å². The molecule has 96 valence electrons. The molecule has 0 amide bonds. The van der Waals surface area contributed by atoms with Crippen LogP contribution in [0, 0.1) is 11.3 Å². The summed E-state index contributed by atoms with van der Waals surface area (Å²) in [7, 11) is 1.90. The van der Waals surface area contributed by atoms with E-state index in [9.17, 15) is 0 Å². The Bertz CT molecular complexity index is 563. The number of aromatic nitrogens is 3. The number of nitriles is 1. The van der Waals surface area contributed by atoms with Crippen molar-refractivity contribution in [2.45, 2.75) is 6.42 Å². The Morgan fingerprint density at radius 3 is 3.05 bits per heavy atom. The largest absolute Gasteiger partial charge is 0.358 e. The second-order valence-corrected chi connectivity index (χ2v) is 3.96. The predicted molar refractivity (Wildman–Crippen MR) is 73.1 cm³/mol. The molecular formula is C13H14N6. The number of hydrogen-bond acceptors (Lipinski definition) is 6. The van der Waals surface area contributed by atoms with E-state index in [1.165, 1.54) is 6.33 Å². The minimum atomic E-state index is 0.464. The molecule has 19 heavy (non-hydrogen) atoms. The van der Waals surface area contributed by atoms with E-state index in [0.29, 0.717) is 18.8 Å². The SMILES string of the molecule is CN(CCC#N)c1cc(Nc2cccnc2)ncn1. The summed E-state index contributed by atoms with van der Waals surface area (Å²) in [6, 6.07) is 7.71. The van der Waals surface area contributed by atoms with Crippen molar-refractivity contribution in [3.05, 3.63) is 36.9 Å². The molecule has 0 saturated carbocycles. The first-order valence-corrected chi connectivity index (χ1v) is 5.87. The summed E-state index contributed by atoms with van der Waals surface area (Å²) in [5.74, 6) is 1.47. The van der Waals surface area contributed by atoms with E-state index in [1.807, 2.05) is 30.1 Å². The molecule has 2 aromatic heterocycles. The molecule has 0 aliphatic heterocycles. The highest BCUT2D eigenvalue weighted by molar-refractivity contribution is 5.58. The lowest BCUT2D eigenvalue weighted by molar-refractivity contribution is 0.880. The molecule has 0 saturated heterocycles. The monoisotopic (exact) mass is 254 g/mol. The van der Waals surface area contributed by atoms with E-state index >= 15 is 0 Å². The zero-order valence-corrected chi connectivity index (χ0v) is 10.6. The molecule has 0 fully saturated rings. The van der Waals surface area contributed by atoms with E-state index in [2.05, 4.69) is 26.3 Å². The van der Waals surface area contributed by atoms with Gasteiger partial charge in [-0.05, 0) is 12.1 Å². The van der Waals surface area contributed by atoms with Crippen LogP contribution < -0.4 is 10.2 Å². The summed E-state index contributed by atoms with van der Waals surface area (Å²) in [6.07, 6.45) is 5.40. The summed E-state index contributed by atoms with van der Waals surface area (Å²) in [6.45, 7) is 0.639. The fourth-order valence-corrected chi connectivity index (χ4v) is 1.54. The van der Waals surface area contributed by atoms with Crippen molar-refractivity contribution in [2.24, 2.45) is 0 Å². The molecule has 0 radical (unpaired) electrons. The Labute approximate surface area is 111 Å². The number of anilines is 3. The van der Waals surface area contributed by atoms with Crippen LogP contribution in [0.4, 0.5) is 17.3 Å². The Balaban J connectivity index is 2.09. The molecule has 2 heterocycles. The smallest absolute Gasteiger partial charge is 0.135 e. The van der Waals surface area contributed by atoms with Gasteiger partial charge in [-0.1, -0.05) is 0 Å². The summed E-state index contributed by atoms with van der Waals surface area (Å²) in [5.41, 5.74) is 0.867. The number of nitrogens with zero attached hydrogens (tertiary/aromatic N) is 5. The second kappa shape index (κ2) is 6.31. The zero-order valence-electron chi connectivity index (χ0n) is 10.6. The minimum Gasteiger partial charge on any atom is -0.358 e. The Hall–Kier alpha value is -2.68. The van der Waals surface area contributed by atoms with Gasteiger partial charge in [-0.15, -0.1) is 0 Å². The summed E-state index contributed by atoms with van der Waals surface area (Å²) >= 11 is 0. The molecule has 0 aliphatic rings. The third-order valence-electron chi connectivity index (χ3n) is 2.54. The van der Waals surface area contributed by atoms with Crippen LogP contribution in [0.15, 0.2) is 36.9 Å². The van der Waals surface area contributed by atoms with Gasteiger partial charge in [-0.3, -0.25) is 4.98 Å². The lowest BCUT2D eigenvalue weighted by Crippen LogP contribution is -2.19. The van der Waals surface area contributed by atoms with Gasteiger partial charge in [0.25, 0.3) is 0 Å². The molecule has 6 heteroatoms. The summed E-state index contributed by atoms with van der Waals surface area (Å²) in [4.78, 5) is 14.3. The first-order valence-electron chi connectivity index (χ1n) is 5.87. The topological polar surface area (TPSA) is 77.7 Å². The van der Waals surface area contributed by atoms with E-state index in [1.54, 1.807) is 12.4 Å². The van der Waals surface area contributed by atoms with Crippen LogP contribution in [-0.4, -0.2) is 28.5 Å². The van der Waals surface area contributed by atoms with Gasteiger partial charge in [-0.2, -0.15) is 5.26 Å². The van der Waals surface area contributed by atoms with Crippen LogP contribution in [-0.2, 0) is 0 Å². The Morgan fingerprint density at radius 1 is 1.42 bits per heavy atom. The number of pyridine rings is 1. The molecule has 6 nitrogen and oxygen atoms in total. The van der Waals surface area contributed by atoms with Gasteiger partial charge < -0.3 is 10.2 Å². The van der Waals surface area contributed by atoms with E-state index in [-0.39, 0.29) is 0 Å². The van der Waals surface area contributed by atoms with Crippen LogP contribution in [0.2, 0.25) is 0 Å². The van der Waals surface area contributed by atoms with E-state index in [4.69, 9.17) is 5.26 Å². The van der Waals surface area contributed by atoms with Crippen molar-refractivity contribution < 1.29 is 0 Å². The maximum atomic E-state index is 8.58. The van der Waals surface area contributed by atoms with E-state index in [0.717, 1.165) is 11.5 Å². The van der Waals surface area contributed by atoms with E-state index < -0.39 is 0 Å². The average molecular weight is 254 g/mol. The van der Waals surface area contributed by atoms with Crippen molar-refractivity contribution in [1.82, 2.24) is 15.0 Å². The normalized spacial score (nSPS) is 9.68. The van der Waals surface area contributed by atoms with Gasteiger partial charge in [0.2, 0.25) is 0 Å². The van der Waals surface area contributed by atoms with Gasteiger partial charge in [0, 0.05) is 25.9 Å². The Kier molecular flexibility index (Phi) is 4.24. The third kappa shape index (κ3) is 3.64. The van der Waals surface area contributed by atoms with Gasteiger partial charge >= 0.3 is 0 Å². The van der Waals surface area contributed by atoms with Crippen molar-refractivity contribution in [2.75, 3.05) is 23.8 Å². The maximum Gasteiger partial charge on any atom is 0.135 e.